The number of carbonyl (C=O) groups is 1. The minimum absolute atomic E-state index is 0.0822. The molecule has 0 saturated heterocycles. The maximum Gasteiger partial charge on any atom is 0.270 e. The van der Waals surface area contributed by atoms with Gasteiger partial charge in [-0.1, -0.05) is 6.07 Å². The third kappa shape index (κ3) is 3.53. The summed E-state index contributed by atoms with van der Waals surface area (Å²) in [5.41, 5.74) is 0.481. The molecule has 0 atom stereocenters. The second-order valence-corrected chi connectivity index (χ2v) is 4.92. The van der Waals surface area contributed by atoms with E-state index in [1.165, 1.54) is 0 Å². The first-order valence-corrected chi connectivity index (χ1v) is 6.62. The monoisotopic (exact) mass is 248 g/mol. The van der Waals surface area contributed by atoms with E-state index in [-0.39, 0.29) is 18.6 Å². The predicted octanol–water partition coefficient (Wildman–Crippen LogP) is 1.75. The summed E-state index contributed by atoms with van der Waals surface area (Å²) >= 11 is 0. The number of amides is 1. The van der Waals surface area contributed by atoms with Crippen molar-refractivity contribution in [3.05, 3.63) is 30.1 Å². The van der Waals surface area contributed by atoms with Gasteiger partial charge in [0.15, 0.2) is 0 Å². The summed E-state index contributed by atoms with van der Waals surface area (Å²) in [7, 11) is 0. The molecule has 0 bridgehead atoms. The smallest absolute Gasteiger partial charge is 0.270 e. The Morgan fingerprint density at radius 3 is 2.72 bits per heavy atom. The van der Waals surface area contributed by atoms with Crippen molar-refractivity contribution in [1.29, 1.82) is 0 Å². The molecule has 0 spiro atoms. The zero-order valence-corrected chi connectivity index (χ0v) is 10.5. The van der Waals surface area contributed by atoms with Crippen LogP contribution in [0.4, 0.5) is 0 Å². The number of hydrogen-bond donors (Lipinski definition) is 2. The Morgan fingerprint density at radius 2 is 2.11 bits per heavy atom. The number of hydrogen-bond acceptors (Lipinski definition) is 3. The lowest BCUT2D eigenvalue weighted by molar-refractivity contribution is 0.0913. The second-order valence-electron chi connectivity index (χ2n) is 4.92. The normalized spacial score (nSPS) is 23.6. The molecule has 4 nitrogen and oxygen atoms in total. The van der Waals surface area contributed by atoms with Crippen molar-refractivity contribution >= 4 is 5.91 Å². The van der Waals surface area contributed by atoms with Crippen LogP contribution in [0.15, 0.2) is 24.4 Å². The summed E-state index contributed by atoms with van der Waals surface area (Å²) in [5, 5.41) is 11.9. The molecule has 1 fully saturated rings. The van der Waals surface area contributed by atoms with Crippen molar-refractivity contribution in [1.82, 2.24) is 10.3 Å². The fourth-order valence-electron chi connectivity index (χ4n) is 2.53. The topological polar surface area (TPSA) is 62.2 Å². The number of nitrogens with one attached hydrogen (secondary N) is 1. The van der Waals surface area contributed by atoms with E-state index in [1.807, 2.05) is 6.07 Å². The van der Waals surface area contributed by atoms with Gasteiger partial charge in [-0.05, 0) is 50.2 Å². The van der Waals surface area contributed by atoms with E-state index in [4.69, 9.17) is 5.11 Å². The number of aliphatic hydroxyl groups excluding tert-OH is 1. The van der Waals surface area contributed by atoms with E-state index in [1.54, 1.807) is 18.3 Å². The largest absolute Gasteiger partial charge is 0.396 e. The Kier molecular flexibility index (Phi) is 4.70. The molecule has 0 unspecified atom stereocenters. The molecule has 1 amide bonds. The molecule has 2 rings (SSSR count). The van der Waals surface area contributed by atoms with Gasteiger partial charge in [-0.2, -0.15) is 0 Å². The molecule has 98 valence electrons. The van der Waals surface area contributed by atoms with Crippen molar-refractivity contribution < 1.29 is 9.90 Å². The van der Waals surface area contributed by atoms with Crippen molar-refractivity contribution in [3.8, 4) is 0 Å². The van der Waals surface area contributed by atoms with Crippen LogP contribution >= 0.6 is 0 Å². The molecule has 1 aromatic rings. The standard InChI is InChI=1S/C14H20N2O2/c17-10-8-11-4-6-12(7-5-11)16-14(18)13-3-1-2-9-15-13/h1-3,9,11-12,17H,4-8,10H2,(H,16,18). The number of aliphatic hydroxyl groups is 1. The summed E-state index contributed by atoms with van der Waals surface area (Å²) in [6.45, 7) is 0.273. The van der Waals surface area contributed by atoms with Crippen molar-refractivity contribution in [3.63, 3.8) is 0 Å². The van der Waals surface area contributed by atoms with Crippen molar-refractivity contribution in [2.75, 3.05) is 6.61 Å². The number of rotatable bonds is 4. The van der Waals surface area contributed by atoms with Crippen LogP contribution in [-0.4, -0.2) is 28.6 Å². The molecule has 1 heterocycles. The molecule has 0 aromatic carbocycles. The summed E-state index contributed by atoms with van der Waals surface area (Å²) in [6.07, 6.45) is 6.71. The zero-order chi connectivity index (χ0) is 12.8. The fraction of sp³-hybridized carbons (Fsp3) is 0.571. The summed E-state index contributed by atoms with van der Waals surface area (Å²) < 4.78 is 0. The van der Waals surface area contributed by atoms with E-state index in [0.717, 1.165) is 32.1 Å². The van der Waals surface area contributed by atoms with Crippen LogP contribution in [0.2, 0.25) is 0 Å². The van der Waals surface area contributed by atoms with Crippen LogP contribution in [0.5, 0.6) is 0 Å². The lowest BCUT2D eigenvalue weighted by atomic mass is 9.84. The highest BCUT2D eigenvalue weighted by Crippen LogP contribution is 2.26. The SMILES string of the molecule is O=C(NC1CCC(CCO)CC1)c1ccccn1. The molecule has 1 aliphatic carbocycles. The van der Waals surface area contributed by atoms with E-state index >= 15 is 0 Å². The number of aromatic nitrogens is 1. The summed E-state index contributed by atoms with van der Waals surface area (Å²) in [4.78, 5) is 15.9. The minimum atomic E-state index is -0.0822. The van der Waals surface area contributed by atoms with Gasteiger partial charge in [0, 0.05) is 18.8 Å². The average Bonchev–Trinajstić information content (AvgIpc) is 2.42. The molecule has 18 heavy (non-hydrogen) atoms. The predicted molar refractivity (Wildman–Crippen MR) is 69.2 cm³/mol. The lowest BCUT2D eigenvalue weighted by Gasteiger charge is -2.28. The molecule has 1 aliphatic rings. The van der Waals surface area contributed by atoms with Crippen LogP contribution in [0.1, 0.15) is 42.6 Å². The first-order valence-electron chi connectivity index (χ1n) is 6.62. The van der Waals surface area contributed by atoms with Gasteiger partial charge in [0.25, 0.3) is 5.91 Å². The fourth-order valence-corrected chi connectivity index (χ4v) is 2.53. The molecule has 0 aliphatic heterocycles. The van der Waals surface area contributed by atoms with Crippen LogP contribution in [-0.2, 0) is 0 Å². The molecule has 1 aromatic heterocycles. The lowest BCUT2D eigenvalue weighted by Crippen LogP contribution is -2.38. The Labute approximate surface area is 107 Å². The molecule has 4 heteroatoms. The zero-order valence-electron chi connectivity index (χ0n) is 10.5. The average molecular weight is 248 g/mol. The molecule has 1 saturated carbocycles. The van der Waals surface area contributed by atoms with Gasteiger partial charge in [-0.15, -0.1) is 0 Å². The van der Waals surface area contributed by atoms with E-state index in [9.17, 15) is 4.79 Å². The highest BCUT2D eigenvalue weighted by Gasteiger charge is 2.22. The Balaban J connectivity index is 1.80. The van der Waals surface area contributed by atoms with Crippen molar-refractivity contribution in [2.24, 2.45) is 5.92 Å². The van der Waals surface area contributed by atoms with Gasteiger partial charge >= 0.3 is 0 Å². The molecule has 0 radical (unpaired) electrons. The summed E-state index contributed by atoms with van der Waals surface area (Å²) in [5.74, 6) is 0.541. The third-order valence-corrected chi connectivity index (χ3v) is 3.62. The van der Waals surface area contributed by atoms with Gasteiger partial charge in [0.05, 0.1) is 0 Å². The highest BCUT2D eigenvalue weighted by molar-refractivity contribution is 5.92. The maximum atomic E-state index is 11.9. The Hall–Kier alpha value is -1.42. The Morgan fingerprint density at radius 1 is 1.33 bits per heavy atom. The van der Waals surface area contributed by atoms with Crippen molar-refractivity contribution in [2.45, 2.75) is 38.1 Å². The van der Waals surface area contributed by atoms with E-state index in [2.05, 4.69) is 10.3 Å². The van der Waals surface area contributed by atoms with Gasteiger partial charge in [0.1, 0.15) is 5.69 Å². The van der Waals surface area contributed by atoms with Crippen LogP contribution < -0.4 is 5.32 Å². The number of carbonyl (C=O) groups excluding carboxylic acids is 1. The van der Waals surface area contributed by atoms with Crippen LogP contribution in [0.3, 0.4) is 0 Å². The quantitative estimate of drug-likeness (QED) is 0.853. The van der Waals surface area contributed by atoms with Gasteiger partial charge in [-0.25, -0.2) is 0 Å². The van der Waals surface area contributed by atoms with Gasteiger partial charge in [0.2, 0.25) is 0 Å². The van der Waals surface area contributed by atoms with Crippen LogP contribution in [0.25, 0.3) is 0 Å². The third-order valence-electron chi connectivity index (χ3n) is 3.62. The first-order chi connectivity index (χ1) is 8.79. The van der Waals surface area contributed by atoms with Crippen LogP contribution in [0, 0.1) is 5.92 Å². The number of nitrogens with zero attached hydrogens (tertiary/aromatic N) is 1. The number of pyridine rings is 1. The Bertz CT molecular complexity index is 373. The molecular formula is C14H20N2O2. The minimum Gasteiger partial charge on any atom is -0.396 e. The molecular weight excluding hydrogens is 228 g/mol. The molecule has 2 N–H and O–H groups in total. The van der Waals surface area contributed by atoms with Gasteiger partial charge < -0.3 is 10.4 Å². The summed E-state index contributed by atoms with van der Waals surface area (Å²) in [6, 6.07) is 5.61. The highest BCUT2D eigenvalue weighted by atomic mass is 16.3. The maximum absolute atomic E-state index is 11.9. The van der Waals surface area contributed by atoms with E-state index in [0.29, 0.717) is 11.6 Å². The van der Waals surface area contributed by atoms with E-state index < -0.39 is 0 Å². The first kappa shape index (κ1) is 13.0. The van der Waals surface area contributed by atoms with Gasteiger partial charge in [-0.3, -0.25) is 9.78 Å². The second kappa shape index (κ2) is 6.50.